The van der Waals surface area contributed by atoms with E-state index < -0.39 is 0 Å². The average molecular weight is 269 g/mol. The van der Waals surface area contributed by atoms with Crippen molar-refractivity contribution in [2.24, 2.45) is 11.7 Å². The molecule has 0 saturated carbocycles. The van der Waals surface area contributed by atoms with Crippen molar-refractivity contribution >= 4 is 17.5 Å². The summed E-state index contributed by atoms with van der Waals surface area (Å²) >= 11 is 5.85. The SMILES string of the molecule is CCC(NC(=O)CC(C)CN)c1ccc(Cl)cc1. The summed E-state index contributed by atoms with van der Waals surface area (Å²) in [6, 6.07) is 7.62. The number of carbonyl (C=O) groups is 1. The predicted molar refractivity (Wildman–Crippen MR) is 75.5 cm³/mol. The minimum atomic E-state index is 0.0414. The summed E-state index contributed by atoms with van der Waals surface area (Å²) in [5.41, 5.74) is 6.60. The molecule has 0 aliphatic carbocycles. The van der Waals surface area contributed by atoms with Crippen molar-refractivity contribution in [1.29, 1.82) is 0 Å². The fourth-order valence-corrected chi connectivity index (χ4v) is 1.90. The Hall–Kier alpha value is -1.06. The molecular formula is C14H21ClN2O. The monoisotopic (exact) mass is 268 g/mol. The molecule has 1 aromatic carbocycles. The maximum absolute atomic E-state index is 11.8. The van der Waals surface area contributed by atoms with Crippen LogP contribution in [-0.2, 0) is 4.79 Å². The first kappa shape index (κ1) is 15.0. The largest absolute Gasteiger partial charge is 0.349 e. The molecule has 1 rings (SSSR count). The number of hydrogen-bond acceptors (Lipinski definition) is 2. The van der Waals surface area contributed by atoms with Crippen LogP contribution in [0.4, 0.5) is 0 Å². The topological polar surface area (TPSA) is 55.1 Å². The maximum atomic E-state index is 11.8. The van der Waals surface area contributed by atoms with E-state index >= 15 is 0 Å². The molecule has 0 fully saturated rings. The van der Waals surface area contributed by atoms with Crippen molar-refractivity contribution in [2.45, 2.75) is 32.7 Å². The second-order valence-electron chi connectivity index (χ2n) is 4.62. The molecule has 100 valence electrons. The minimum Gasteiger partial charge on any atom is -0.349 e. The molecule has 4 heteroatoms. The number of hydrogen-bond donors (Lipinski definition) is 2. The van der Waals surface area contributed by atoms with E-state index in [9.17, 15) is 4.79 Å². The lowest BCUT2D eigenvalue weighted by Gasteiger charge is -2.18. The second-order valence-corrected chi connectivity index (χ2v) is 5.06. The molecule has 3 N–H and O–H groups in total. The molecule has 0 aliphatic rings. The second kappa shape index (κ2) is 7.39. The number of nitrogens with one attached hydrogen (secondary N) is 1. The molecule has 0 radical (unpaired) electrons. The molecule has 0 heterocycles. The molecule has 2 unspecified atom stereocenters. The van der Waals surface area contributed by atoms with Gasteiger partial charge >= 0.3 is 0 Å². The average Bonchev–Trinajstić information content (AvgIpc) is 2.37. The number of carbonyl (C=O) groups excluding carboxylic acids is 1. The first-order valence-electron chi connectivity index (χ1n) is 6.31. The first-order valence-corrected chi connectivity index (χ1v) is 6.69. The lowest BCUT2D eigenvalue weighted by Crippen LogP contribution is -2.30. The van der Waals surface area contributed by atoms with E-state index in [1.54, 1.807) is 0 Å². The van der Waals surface area contributed by atoms with Gasteiger partial charge in [-0.3, -0.25) is 4.79 Å². The van der Waals surface area contributed by atoms with Crippen LogP contribution < -0.4 is 11.1 Å². The highest BCUT2D eigenvalue weighted by molar-refractivity contribution is 6.30. The molecule has 0 aromatic heterocycles. The van der Waals surface area contributed by atoms with Gasteiger partial charge in [-0.05, 0) is 36.6 Å². The minimum absolute atomic E-state index is 0.0414. The number of amides is 1. The molecule has 1 aromatic rings. The van der Waals surface area contributed by atoms with Crippen LogP contribution in [-0.4, -0.2) is 12.5 Å². The molecule has 0 spiro atoms. The highest BCUT2D eigenvalue weighted by atomic mass is 35.5. The summed E-state index contributed by atoms with van der Waals surface area (Å²) in [6.45, 7) is 4.56. The van der Waals surface area contributed by atoms with Gasteiger partial charge in [0.25, 0.3) is 0 Å². The van der Waals surface area contributed by atoms with Crippen LogP contribution in [0, 0.1) is 5.92 Å². The Labute approximate surface area is 114 Å². The van der Waals surface area contributed by atoms with E-state index in [0.29, 0.717) is 18.0 Å². The normalized spacial score (nSPS) is 14.0. The summed E-state index contributed by atoms with van der Waals surface area (Å²) in [4.78, 5) is 11.8. The first-order chi connectivity index (χ1) is 8.56. The van der Waals surface area contributed by atoms with Crippen LogP contribution in [0.1, 0.15) is 38.3 Å². The molecule has 3 nitrogen and oxygen atoms in total. The van der Waals surface area contributed by atoms with E-state index in [4.69, 9.17) is 17.3 Å². The molecule has 2 atom stereocenters. The van der Waals surface area contributed by atoms with Crippen molar-refractivity contribution in [3.8, 4) is 0 Å². The van der Waals surface area contributed by atoms with Crippen LogP contribution in [0.3, 0.4) is 0 Å². The Balaban J connectivity index is 2.61. The lowest BCUT2D eigenvalue weighted by atomic mass is 10.0. The van der Waals surface area contributed by atoms with Gasteiger partial charge in [-0.1, -0.05) is 37.6 Å². The van der Waals surface area contributed by atoms with E-state index in [1.165, 1.54) is 0 Å². The Kier molecular flexibility index (Phi) is 6.16. The van der Waals surface area contributed by atoms with Gasteiger partial charge in [0.15, 0.2) is 0 Å². The fourth-order valence-electron chi connectivity index (χ4n) is 1.77. The molecule has 18 heavy (non-hydrogen) atoms. The summed E-state index contributed by atoms with van der Waals surface area (Å²) in [7, 11) is 0. The van der Waals surface area contributed by atoms with E-state index in [-0.39, 0.29) is 17.9 Å². The molecule has 0 saturated heterocycles. The van der Waals surface area contributed by atoms with Gasteiger partial charge in [0.05, 0.1) is 6.04 Å². The zero-order valence-corrected chi connectivity index (χ0v) is 11.7. The van der Waals surface area contributed by atoms with Gasteiger partial charge in [0, 0.05) is 11.4 Å². The number of benzene rings is 1. The van der Waals surface area contributed by atoms with Gasteiger partial charge in [-0.25, -0.2) is 0 Å². The molecular weight excluding hydrogens is 248 g/mol. The number of nitrogens with two attached hydrogens (primary N) is 1. The van der Waals surface area contributed by atoms with Crippen LogP contribution >= 0.6 is 11.6 Å². The summed E-state index contributed by atoms with van der Waals surface area (Å²) in [5.74, 6) is 0.266. The quantitative estimate of drug-likeness (QED) is 0.834. The van der Waals surface area contributed by atoms with Crippen LogP contribution in [0.25, 0.3) is 0 Å². The van der Waals surface area contributed by atoms with Gasteiger partial charge in [-0.15, -0.1) is 0 Å². The Bertz CT molecular complexity index is 378. The smallest absolute Gasteiger partial charge is 0.220 e. The summed E-state index contributed by atoms with van der Waals surface area (Å²) in [5, 5.41) is 3.74. The number of halogens is 1. The standard InChI is InChI=1S/C14H21ClN2O/c1-3-13(11-4-6-12(15)7-5-11)17-14(18)8-10(2)9-16/h4-7,10,13H,3,8-9,16H2,1-2H3,(H,17,18). The molecule has 1 amide bonds. The third kappa shape index (κ3) is 4.67. The van der Waals surface area contributed by atoms with Crippen molar-refractivity contribution in [2.75, 3.05) is 6.54 Å². The fraction of sp³-hybridized carbons (Fsp3) is 0.500. The maximum Gasteiger partial charge on any atom is 0.220 e. The van der Waals surface area contributed by atoms with Crippen molar-refractivity contribution in [3.63, 3.8) is 0 Å². The summed E-state index contributed by atoms with van der Waals surface area (Å²) < 4.78 is 0. The predicted octanol–water partition coefficient (Wildman–Crippen LogP) is 2.89. The zero-order valence-electron chi connectivity index (χ0n) is 10.9. The van der Waals surface area contributed by atoms with Crippen molar-refractivity contribution < 1.29 is 4.79 Å². The third-order valence-electron chi connectivity index (χ3n) is 2.95. The van der Waals surface area contributed by atoms with E-state index in [1.807, 2.05) is 38.1 Å². The van der Waals surface area contributed by atoms with Crippen molar-refractivity contribution in [1.82, 2.24) is 5.32 Å². The molecule has 0 aliphatic heterocycles. The van der Waals surface area contributed by atoms with Crippen LogP contribution in [0.15, 0.2) is 24.3 Å². The molecule has 0 bridgehead atoms. The highest BCUT2D eigenvalue weighted by Gasteiger charge is 2.14. The van der Waals surface area contributed by atoms with Crippen LogP contribution in [0.2, 0.25) is 5.02 Å². The Morgan fingerprint density at radius 3 is 2.50 bits per heavy atom. The van der Waals surface area contributed by atoms with Gasteiger partial charge in [0.1, 0.15) is 0 Å². The van der Waals surface area contributed by atoms with Crippen LogP contribution in [0.5, 0.6) is 0 Å². The van der Waals surface area contributed by atoms with Crippen molar-refractivity contribution in [3.05, 3.63) is 34.9 Å². The zero-order chi connectivity index (χ0) is 13.5. The third-order valence-corrected chi connectivity index (χ3v) is 3.20. The Morgan fingerprint density at radius 2 is 2.00 bits per heavy atom. The van der Waals surface area contributed by atoms with Gasteiger partial charge < -0.3 is 11.1 Å². The van der Waals surface area contributed by atoms with Gasteiger partial charge in [-0.2, -0.15) is 0 Å². The number of rotatable bonds is 6. The Morgan fingerprint density at radius 1 is 1.39 bits per heavy atom. The lowest BCUT2D eigenvalue weighted by molar-refractivity contribution is -0.122. The summed E-state index contributed by atoms with van der Waals surface area (Å²) in [6.07, 6.45) is 1.32. The van der Waals surface area contributed by atoms with E-state index in [0.717, 1.165) is 12.0 Å². The van der Waals surface area contributed by atoms with E-state index in [2.05, 4.69) is 5.32 Å². The highest BCUT2D eigenvalue weighted by Crippen LogP contribution is 2.19. The van der Waals surface area contributed by atoms with Gasteiger partial charge in [0.2, 0.25) is 5.91 Å².